The number of rotatable bonds is 8. The van der Waals surface area contributed by atoms with E-state index in [-0.39, 0.29) is 12.6 Å². The van der Waals surface area contributed by atoms with E-state index in [1.54, 1.807) is 11.3 Å². The van der Waals surface area contributed by atoms with Crippen molar-refractivity contribution in [1.29, 1.82) is 0 Å². The first-order valence-corrected chi connectivity index (χ1v) is 7.49. The normalized spacial score (nSPS) is 13.2. The van der Waals surface area contributed by atoms with Crippen molar-refractivity contribution in [3.63, 3.8) is 0 Å². The Balaban J connectivity index is 2.64. The third kappa shape index (κ3) is 4.54. The van der Waals surface area contributed by atoms with Gasteiger partial charge in [0.25, 0.3) is 0 Å². The van der Waals surface area contributed by atoms with Gasteiger partial charge < -0.3 is 5.11 Å². The zero-order valence-corrected chi connectivity index (χ0v) is 12.1. The third-order valence-electron chi connectivity index (χ3n) is 2.80. The van der Waals surface area contributed by atoms with Gasteiger partial charge in [-0.25, -0.2) is 4.98 Å². The first-order chi connectivity index (χ1) is 8.22. The van der Waals surface area contributed by atoms with Crippen LogP contribution in [0.25, 0.3) is 0 Å². The fourth-order valence-corrected chi connectivity index (χ4v) is 2.86. The van der Waals surface area contributed by atoms with E-state index in [1.807, 2.05) is 5.38 Å². The van der Waals surface area contributed by atoms with Crippen molar-refractivity contribution in [1.82, 2.24) is 9.88 Å². The van der Waals surface area contributed by atoms with Crippen LogP contribution in [0.2, 0.25) is 0 Å². The molecule has 3 nitrogen and oxygen atoms in total. The van der Waals surface area contributed by atoms with Crippen LogP contribution in [0.4, 0.5) is 0 Å². The van der Waals surface area contributed by atoms with Crippen LogP contribution in [0, 0.1) is 0 Å². The van der Waals surface area contributed by atoms with Crippen LogP contribution in [-0.4, -0.2) is 34.7 Å². The van der Waals surface area contributed by atoms with Gasteiger partial charge in [0.1, 0.15) is 5.01 Å². The third-order valence-corrected chi connectivity index (χ3v) is 4.14. The molecule has 1 aromatic rings. The zero-order chi connectivity index (χ0) is 12.7. The Labute approximate surface area is 112 Å². The molecule has 1 atom stereocenters. The monoisotopic (exact) mass is 276 g/mol. The lowest BCUT2D eigenvalue weighted by atomic mass is 10.2. The Morgan fingerprint density at radius 1 is 1.53 bits per heavy atom. The summed E-state index contributed by atoms with van der Waals surface area (Å²) in [5.74, 6) is 0.470. The summed E-state index contributed by atoms with van der Waals surface area (Å²) in [5, 5.41) is 12.2. The summed E-state index contributed by atoms with van der Waals surface area (Å²) >= 11 is 7.41. The Morgan fingerprint density at radius 3 is 2.82 bits per heavy atom. The highest BCUT2D eigenvalue weighted by atomic mass is 35.5. The van der Waals surface area contributed by atoms with Crippen molar-refractivity contribution >= 4 is 22.9 Å². The Hall–Kier alpha value is -0.160. The second-order valence-corrected chi connectivity index (χ2v) is 5.26. The molecule has 17 heavy (non-hydrogen) atoms. The molecule has 0 saturated carbocycles. The van der Waals surface area contributed by atoms with Crippen LogP contribution in [0.1, 0.15) is 43.4 Å². The molecule has 1 rings (SSSR count). The van der Waals surface area contributed by atoms with Gasteiger partial charge in [0.15, 0.2) is 0 Å². The largest absolute Gasteiger partial charge is 0.395 e. The SMILES string of the molecule is CCCCN(CCO)C(C)c1nc(CCl)cs1. The molecule has 0 radical (unpaired) electrons. The number of hydrogen-bond donors (Lipinski definition) is 1. The lowest BCUT2D eigenvalue weighted by molar-refractivity contribution is 0.156. The van der Waals surface area contributed by atoms with E-state index >= 15 is 0 Å². The minimum absolute atomic E-state index is 0.196. The summed E-state index contributed by atoms with van der Waals surface area (Å²) in [7, 11) is 0. The summed E-state index contributed by atoms with van der Waals surface area (Å²) in [4.78, 5) is 6.78. The van der Waals surface area contributed by atoms with Gasteiger partial charge in [-0.1, -0.05) is 13.3 Å². The van der Waals surface area contributed by atoms with E-state index in [1.165, 1.54) is 6.42 Å². The molecule has 0 saturated heterocycles. The molecule has 0 bridgehead atoms. The topological polar surface area (TPSA) is 36.4 Å². The number of hydrogen-bond acceptors (Lipinski definition) is 4. The maximum Gasteiger partial charge on any atom is 0.110 e. The summed E-state index contributed by atoms with van der Waals surface area (Å²) in [6, 6.07) is 0.260. The molecule has 1 N–H and O–H groups in total. The number of alkyl halides is 1. The Morgan fingerprint density at radius 2 is 2.29 bits per heavy atom. The van der Waals surface area contributed by atoms with Gasteiger partial charge in [-0.3, -0.25) is 4.90 Å². The summed E-state index contributed by atoms with van der Waals surface area (Å²) < 4.78 is 0. The van der Waals surface area contributed by atoms with Gasteiger partial charge in [0.2, 0.25) is 0 Å². The van der Waals surface area contributed by atoms with E-state index in [2.05, 4.69) is 23.7 Å². The standard InChI is InChI=1S/C12H21ClN2OS/c1-3-4-5-15(6-7-16)10(2)12-14-11(8-13)9-17-12/h9-10,16H,3-8H2,1-2H3. The van der Waals surface area contributed by atoms with E-state index in [4.69, 9.17) is 16.7 Å². The molecule has 0 aromatic carbocycles. The predicted molar refractivity (Wildman–Crippen MR) is 73.7 cm³/mol. The van der Waals surface area contributed by atoms with Crippen LogP contribution >= 0.6 is 22.9 Å². The molecule has 0 aliphatic rings. The summed E-state index contributed by atoms with van der Waals surface area (Å²) in [6.45, 7) is 6.23. The lowest BCUT2D eigenvalue weighted by Crippen LogP contribution is -2.30. The van der Waals surface area contributed by atoms with Crippen molar-refractivity contribution in [2.75, 3.05) is 19.7 Å². The van der Waals surface area contributed by atoms with E-state index in [0.29, 0.717) is 12.4 Å². The van der Waals surface area contributed by atoms with E-state index in [0.717, 1.165) is 23.7 Å². The van der Waals surface area contributed by atoms with Crippen molar-refractivity contribution < 1.29 is 5.11 Å². The van der Waals surface area contributed by atoms with Gasteiger partial charge in [0.05, 0.1) is 24.2 Å². The molecule has 1 unspecified atom stereocenters. The average molecular weight is 277 g/mol. The number of thiazole rings is 1. The summed E-state index contributed by atoms with van der Waals surface area (Å²) in [5.41, 5.74) is 0.943. The molecule has 0 spiro atoms. The predicted octanol–water partition coefficient (Wildman–Crippen LogP) is 3.04. The molecule has 0 amide bonds. The molecular formula is C12H21ClN2OS. The van der Waals surface area contributed by atoms with Crippen molar-refractivity contribution in [3.05, 3.63) is 16.1 Å². The quantitative estimate of drug-likeness (QED) is 0.742. The first kappa shape index (κ1) is 14.9. The number of aromatic nitrogens is 1. The smallest absolute Gasteiger partial charge is 0.110 e. The minimum Gasteiger partial charge on any atom is -0.395 e. The average Bonchev–Trinajstić information content (AvgIpc) is 2.82. The fourth-order valence-electron chi connectivity index (χ4n) is 1.72. The van der Waals surface area contributed by atoms with Crippen LogP contribution in [0.3, 0.4) is 0 Å². The Kier molecular flexibility index (Phi) is 7.04. The molecule has 5 heteroatoms. The highest BCUT2D eigenvalue weighted by Crippen LogP contribution is 2.24. The molecular weight excluding hydrogens is 256 g/mol. The number of halogens is 1. The lowest BCUT2D eigenvalue weighted by Gasteiger charge is -2.26. The molecule has 0 fully saturated rings. The van der Waals surface area contributed by atoms with Gasteiger partial charge >= 0.3 is 0 Å². The molecule has 98 valence electrons. The van der Waals surface area contributed by atoms with Crippen LogP contribution in [-0.2, 0) is 5.88 Å². The number of unbranched alkanes of at least 4 members (excludes halogenated alkanes) is 1. The maximum absolute atomic E-state index is 9.10. The van der Waals surface area contributed by atoms with E-state index < -0.39 is 0 Å². The van der Waals surface area contributed by atoms with Gasteiger partial charge in [0, 0.05) is 11.9 Å². The summed E-state index contributed by atoms with van der Waals surface area (Å²) in [6.07, 6.45) is 2.32. The van der Waals surface area contributed by atoms with Crippen LogP contribution < -0.4 is 0 Å². The Bertz CT molecular complexity index is 319. The second-order valence-electron chi connectivity index (χ2n) is 4.10. The number of aliphatic hydroxyl groups excluding tert-OH is 1. The van der Waals surface area contributed by atoms with Crippen molar-refractivity contribution in [2.24, 2.45) is 0 Å². The van der Waals surface area contributed by atoms with Crippen LogP contribution in [0.15, 0.2) is 5.38 Å². The molecule has 1 heterocycles. The molecule has 1 aromatic heterocycles. The van der Waals surface area contributed by atoms with Crippen molar-refractivity contribution in [3.8, 4) is 0 Å². The maximum atomic E-state index is 9.10. The van der Waals surface area contributed by atoms with Gasteiger partial charge in [-0.15, -0.1) is 22.9 Å². The first-order valence-electron chi connectivity index (χ1n) is 6.08. The zero-order valence-electron chi connectivity index (χ0n) is 10.5. The number of nitrogens with zero attached hydrogens (tertiary/aromatic N) is 2. The molecule has 0 aliphatic heterocycles. The fraction of sp³-hybridized carbons (Fsp3) is 0.750. The highest BCUT2D eigenvalue weighted by molar-refractivity contribution is 7.09. The highest BCUT2D eigenvalue weighted by Gasteiger charge is 2.17. The molecule has 0 aliphatic carbocycles. The van der Waals surface area contributed by atoms with Gasteiger partial charge in [-0.05, 0) is 19.9 Å². The van der Waals surface area contributed by atoms with Crippen LogP contribution in [0.5, 0.6) is 0 Å². The van der Waals surface area contributed by atoms with E-state index in [9.17, 15) is 0 Å². The second kappa shape index (κ2) is 8.03. The van der Waals surface area contributed by atoms with Gasteiger partial charge in [-0.2, -0.15) is 0 Å². The number of aliphatic hydroxyl groups is 1. The van der Waals surface area contributed by atoms with Crippen molar-refractivity contribution in [2.45, 2.75) is 38.6 Å². The minimum atomic E-state index is 0.196.